The summed E-state index contributed by atoms with van der Waals surface area (Å²) >= 11 is 0. The second-order valence-corrected chi connectivity index (χ2v) is 22.0. The van der Waals surface area contributed by atoms with Crippen LogP contribution in [0.2, 0.25) is 0 Å². The molecule has 0 spiro atoms. The predicted octanol–water partition coefficient (Wildman–Crippen LogP) is 9.11. The molecule has 0 saturated heterocycles. The molecular weight excluding hydrogens is 1130 g/mol. The highest BCUT2D eigenvalue weighted by Gasteiger charge is 2.26. The summed E-state index contributed by atoms with van der Waals surface area (Å²) in [6.45, 7) is 1.22. The van der Waals surface area contributed by atoms with Gasteiger partial charge in [0.2, 0.25) is 35.4 Å². The summed E-state index contributed by atoms with van der Waals surface area (Å²) in [4.78, 5) is 91.5. The molecule has 9 rings (SSSR count). The van der Waals surface area contributed by atoms with Crippen LogP contribution >= 0.6 is 0 Å². The Hall–Kier alpha value is -9.57. The van der Waals surface area contributed by atoms with Gasteiger partial charge in [0.05, 0.1) is 19.3 Å². The van der Waals surface area contributed by atoms with Crippen molar-refractivity contribution >= 4 is 85.2 Å². The molecule has 18 nitrogen and oxygen atoms in total. The van der Waals surface area contributed by atoms with E-state index in [0.29, 0.717) is 144 Å². The molecule has 0 aliphatic heterocycles. The zero-order valence-electron chi connectivity index (χ0n) is 48.6. The van der Waals surface area contributed by atoms with Crippen LogP contribution in [0.3, 0.4) is 0 Å². The Morgan fingerprint density at radius 1 is 0.375 bits per heavy atom. The third-order valence-corrected chi connectivity index (χ3v) is 15.6. The number of unbranched alkanes of at least 4 members (excludes halogenated alkanes) is 3. The molecule has 3 aromatic heterocycles. The number of H-pyrrole nitrogens is 3. The number of anilines is 3. The molecule has 0 radical (unpaired) electrons. The van der Waals surface area contributed by atoms with Crippen LogP contribution in [-0.2, 0) is 48.0 Å². The van der Waals surface area contributed by atoms with Crippen molar-refractivity contribution in [2.45, 2.75) is 101 Å². The summed E-state index contributed by atoms with van der Waals surface area (Å²) < 4.78 is 42.5. The van der Waals surface area contributed by atoms with Crippen molar-refractivity contribution in [1.82, 2.24) is 30.9 Å². The highest BCUT2D eigenvalue weighted by atomic mass is 19.1. The number of aromatic amines is 3. The van der Waals surface area contributed by atoms with Crippen LogP contribution in [0, 0.1) is 17.5 Å². The topological polar surface area (TPSA) is 300 Å². The molecular formula is C67H73F3N12O6. The maximum Gasteiger partial charge on any atom is 0.246 e. The minimum atomic E-state index is -0.906. The summed E-state index contributed by atoms with van der Waals surface area (Å²) in [6, 6.07) is 31.9. The van der Waals surface area contributed by atoms with E-state index in [-0.39, 0.29) is 19.3 Å². The first kappa shape index (κ1) is 62.9. The van der Waals surface area contributed by atoms with Crippen molar-refractivity contribution in [2.24, 2.45) is 17.2 Å². The molecule has 6 aromatic carbocycles. The van der Waals surface area contributed by atoms with Crippen molar-refractivity contribution < 1.29 is 41.9 Å². The molecule has 21 heteroatoms. The van der Waals surface area contributed by atoms with Crippen LogP contribution in [0.15, 0.2) is 146 Å². The number of nitrogens with one attached hydrogen (secondary N) is 9. The Kier molecular flexibility index (Phi) is 21.6. The van der Waals surface area contributed by atoms with Crippen LogP contribution in [0.25, 0.3) is 32.7 Å². The molecule has 0 saturated carbocycles. The monoisotopic (exact) mass is 1200 g/mol. The normalized spacial score (nSPS) is 12.4. The van der Waals surface area contributed by atoms with E-state index in [0.717, 1.165) is 16.7 Å². The lowest BCUT2D eigenvalue weighted by Crippen LogP contribution is -2.44. The van der Waals surface area contributed by atoms with Gasteiger partial charge >= 0.3 is 0 Å². The second kappa shape index (κ2) is 30.2. The van der Waals surface area contributed by atoms with Gasteiger partial charge in [-0.2, -0.15) is 0 Å². The molecule has 458 valence electrons. The van der Waals surface area contributed by atoms with E-state index in [1.54, 1.807) is 73.2 Å². The minimum Gasteiger partial charge on any atom is -0.361 e. The highest BCUT2D eigenvalue weighted by molar-refractivity contribution is 6.00. The van der Waals surface area contributed by atoms with E-state index in [1.165, 1.54) is 36.4 Å². The van der Waals surface area contributed by atoms with Gasteiger partial charge in [0, 0.05) is 74.3 Å². The van der Waals surface area contributed by atoms with Gasteiger partial charge in [0.15, 0.2) is 0 Å². The van der Waals surface area contributed by atoms with Crippen LogP contribution in [0.5, 0.6) is 0 Å². The number of halogens is 3. The summed E-state index contributed by atoms with van der Waals surface area (Å²) in [5.74, 6) is -4.30. The number of nitrogens with two attached hydrogens (primary N) is 3. The van der Waals surface area contributed by atoms with Crippen molar-refractivity contribution in [3.8, 4) is 0 Å². The molecule has 3 atom stereocenters. The number of benzene rings is 6. The van der Waals surface area contributed by atoms with Crippen LogP contribution in [0.4, 0.5) is 30.2 Å². The van der Waals surface area contributed by atoms with Crippen LogP contribution < -0.4 is 49.1 Å². The number of carbonyl (C=O) groups excluding carboxylic acids is 6. The number of hydrogen-bond acceptors (Lipinski definition) is 9. The molecule has 0 aliphatic carbocycles. The number of amides is 6. The van der Waals surface area contributed by atoms with Crippen LogP contribution in [0.1, 0.15) is 97.1 Å². The first-order chi connectivity index (χ1) is 42.6. The molecule has 88 heavy (non-hydrogen) atoms. The average molecular weight is 1200 g/mol. The largest absolute Gasteiger partial charge is 0.361 e. The first-order valence-electron chi connectivity index (χ1n) is 29.6. The third-order valence-electron chi connectivity index (χ3n) is 15.6. The number of hydrogen-bond donors (Lipinski definition) is 12. The Morgan fingerprint density at radius 2 is 0.648 bits per heavy atom. The quantitative estimate of drug-likeness (QED) is 0.0151. The Labute approximate surface area is 506 Å². The summed E-state index contributed by atoms with van der Waals surface area (Å²) in [7, 11) is 0. The molecule has 9 aromatic rings. The molecule has 6 amide bonds. The van der Waals surface area contributed by atoms with Gasteiger partial charge in [0.25, 0.3) is 0 Å². The van der Waals surface area contributed by atoms with E-state index < -0.39 is 76.9 Å². The summed E-state index contributed by atoms with van der Waals surface area (Å²) in [6.07, 6.45) is 9.29. The maximum absolute atomic E-state index is 14.2. The zero-order valence-corrected chi connectivity index (χ0v) is 48.6. The molecule has 3 heterocycles. The summed E-state index contributed by atoms with van der Waals surface area (Å²) in [5, 5.41) is 19.2. The van der Waals surface area contributed by atoms with Gasteiger partial charge in [-0.15, -0.1) is 0 Å². The molecule has 15 N–H and O–H groups in total. The van der Waals surface area contributed by atoms with E-state index in [1.807, 2.05) is 36.4 Å². The van der Waals surface area contributed by atoms with E-state index in [9.17, 15) is 41.9 Å². The molecule has 0 unspecified atom stereocenters. The lowest BCUT2D eigenvalue weighted by molar-refractivity contribution is -0.126. The molecule has 0 fully saturated rings. The van der Waals surface area contributed by atoms with Crippen molar-refractivity contribution in [3.05, 3.63) is 197 Å². The van der Waals surface area contributed by atoms with Gasteiger partial charge < -0.3 is 64.1 Å². The smallest absolute Gasteiger partial charge is 0.246 e. The summed E-state index contributed by atoms with van der Waals surface area (Å²) in [5.41, 5.74) is 25.0. The van der Waals surface area contributed by atoms with Crippen molar-refractivity contribution in [3.63, 3.8) is 0 Å². The standard InChI is InChI=1S/C67H73F3N12O6/c68-46-16-25-55-52(34-46)43(37-74-55)31-61(83)80-58(7-1-4-28-71)65(86)77-49-19-10-40(11-20-49)64(41-12-21-50(22-13-41)78-66(87)59(8-2-5-29-72)81-62(84)32-44-38-75-56-26-17-47(69)35-53(44)56)42-14-23-51(24-15-42)79-67(88)60(9-3-6-30-73)82-63(85)33-45-39-76-57-27-18-48(70)36-54(45)57/h10-27,34-39,58-60,64,74-76H,1-9,28-33,71-73H2,(H,77,86)(H,78,87)(H,79,88)(H,80,83)(H,81,84)(H,82,85)/t58-,59-,60-/m0/s1. The fourth-order valence-corrected chi connectivity index (χ4v) is 11.0. The van der Waals surface area contributed by atoms with Gasteiger partial charge in [-0.1, -0.05) is 36.4 Å². The minimum absolute atomic E-state index is 0.0846. The van der Waals surface area contributed by atoms with Gasteiger partial charge in [0.1, 0.15) is 35.6 Å². The fourth-order valence-electron chi connectivity index (χ4n) is 11.0. The van der Waals surface area contributed by atoms with Crippen molar-refractivity contribution in [1.29, 1.82) is 0 Å². The van der Waals surface area contributed by atoms with Gasteiger partial charge in [-0.05, 0) is 202 Å². The second-order valence-electron chi connectivity index (χ2n) is 22.0. The van der Waals surface area contributed by atoms with E-state index >= 15 is 0 Å². The fraction of sp³-hybridized carbons (Fsp3) is 0.284. The molecule has 0 bridgehead atoms. The van der Waals surface area contributed by atoms with Gasteiger partial charge in [-0.3, -0.25) is 28.8 Å². The van der Waals surface area contributed by atoms with Gasteiger partial charge in [-0.25, -0.2) is 13.2 Å². The first-order valence-corrected chi connectivity index (χ1v) is 29.6. The predicted molar refractivity (Wildman–Crippen MR) is 337 cm³/mol. The lowest BCUT2D eigenvalue weighted by atomic mass is 9.85. The van der Waals surface area contributed by atoms with Crippen molar-refractivity contribution in [2.75, 3.05) is 35.6 Å². The van der Waals surface area contributed by atoms with E-state index in [2.05, 4.69) is 46.9 Å². The Bertz CT molecular complexity index is 3490. The number of carbonyl (C=O) groups is 6. The average Bonchev–Trinajstić information content (AvgIpc) is 3.37. The maximum atomic E-state index is 14.2. The Morgan fingerprint density at radius 3 is 0.909 bits per heavy atom. The Balaban J connectivity index is 0.930. The van der Waals surface area contributed by atoms with Crippen LogP contribution in [-0.4, -0.2) is 88.2 Å². The SMILES string of the molecule is NCCCC[C@H](NC(=O)Cc1c[nH]c2ccc(F)cc12)C(=O)Nc1ccc(C(c2ccc(NC(=O)[C@H](CCCCN)NC(=O)Cc3c[nH]c4ccc(F)cc34)cc2)c2ccc(NC(=O)[C@H](CCCCN)NC(=O)Cc3c[nH]c4ccc(F)cc34)cc2)cc1. The zero-order chi connectivity index (χ0) is 62.1. The highest BCUT2D eigenvalue weighted by Crippen LogP contribution is 2.35. The number of fused-ring (bicyclic) bond motifs is 3. The number of aromatic nitrogens is 3. The molecule has 0 aliphatic rings. The third kappa shape index (κ3) is 16.7. The number of rotatable bonds is 30. The van der Waals surface area contributed by atoms with E-state index in [4.69, 9.17) is 17.2 Å². The lowest BCUT2D eigenvalue weighted by Gasteiger charge is -2.22.